The molecule has 6 nitrogen and oxygen atoms in total. The molecule has 3 heterocycles. The van der Waals surface area contributed by atoms with Crippen molar-refractivity contribution < 1.29 is 17.9 Å². The molecule has 0 saturated carbocycles. The molecule has 0 spiro atoms. The van der Waals surface area contributed by atoms with E-state index < -0.39 is 12.6 Å². The number of alkyl halides is 3. The van der Waals surface area contributed by atoms with Crippen LogP contribution in [0, 0.1) is 17.2 Å². The second-order valence-corrected chi connectivity index (χ2v) is 8.48. The summed E-state index contributed by atoms with van der Waals surface area (Å²) in [6.45, 7) is 4.57. The van der Waals surface area contributed by atoms with Crippen LogP contribution in [-0.2, 0) is 4.74 Å². The number of aromatic nitrogens is 1. The standard InChI is InChI=1S/C23H30F3N5O/c1-16(19-12-21-22(20(14-27)29-19)31(3)15-30(21)2)4-5-18(13-23(24,25)26)32-11-8-17-6-9-28-10-7-17/h4-5,12,17,28H,6-11,13,15H2,1-3H3/b16-4+,18-5+. The zero-order valence-corrected chi connectivity index (χ0v) is 18.8. The smallest absolute Gasteiger partial charge is 0.396 e. The molecular weight excluding hydrogens is 419 g/mol. The van der Waals surface area contributed by atoms with E-state index >= 15 is 0 Å². The first-order valence-electron chi connectivity index (χ1n) is 10.8. The largest absolute Gasteiger partial charge is 0.498 e. The summed E-state index contributed by atoms with van der Waals surface area (Å²) >= 11 is 0. The number of pyridine rings is 1. The molecule has 32 heavy (non-hydrogen) atoms. The lowest BCUT2D eigenvalue weighted by Crippen LogP contribution is -2.28. The highest BCUT2D eigenvalue weighted by Gasteiger charge is 2.30. The summed E-state index contributed by atoms with van der Waals surface area (Å²) in [7, 11) is 3.81. The number of hydrogen-bond donors (Lipinski definition) is 1. The van der Waals surface area contributed by atoms with E-state index in [1.54, 1.807) is 13.0 Å². The maximum absolute atomic E-state index is 13.1. The highest BCUT2D eigenvalue weighted by Crippen LogP contribution is 2.38. The fourth-order valence-electron chi connectivity index (χ4n) is 4.12. The van der Waals surface area contributed by atoms with Gasteiger partial charge < -0.3 is 19.9 Å². The molecule has 174 valence electrons. The summed E-state index contributed by atoms with van der Waals surface area (Å²) < 4.78 is 44.7. The van der Waals surface area contributed by atoms with Crippen LogP contribution >= 0.6 is 0 Å². The lowest BCUT2D eigenvalue weighted by atomic mass is 9.95. The molecule has 0 amide bonds. The van der Waals surface area contributed by atoms with Crippen LogP contribution in [0.1, 0.15) is 44.0 Å². The Kier molecular flexibility index (Phi) is 7.67. The number of nitrogens with one attached hydrogen (secondary N) is 1. The normalized spacial score (nSPS) is 18.0. The van der Waals surface area contributed by atoms with Gasteiger partial charge in [-0.2, -0.15) is 18.4 Å². The van der Waals surface area contributed by atoms with Crippen molar-refractivity contribution in [2.24, 2.45) is 5.92 Å². The molecular formula is C23H30F3N5O. The Morgan fingerprint density at radius 2 is 2.00 bits per heavy atom. The Morgan fingerprint density at radius 1 is 1.28 bits per heavy atom. The monoisotopic (exact) mass is 449 g/mol. The van der Waals surface area contributed by atoms with E-state index in [9.17, 15) is 18.4 Å². The Hall–Kier alpha value is -2.73. The highest BCUT2D eigenvalue weighted by molar-refractivity contribution is 5.82. The third-order valence-electron chi connectivity index (χ3n) is 5.87. The summed E-state index contributed by atoms with van der Waals surface area (Å²) in [5.41, 5.74) is 3.16. The number of allylic oxidation sites excluding steroid dienone is 4. The zero-order chi connectivity index (χ0) is 23.3. The topological polar surface area (TPSA) is 64.4 Å². The van der Waals surface area contributed by atoms with Crippen LogP contribution < -0.4 is 15.1 Å². The van der Waals surface area contributed by atoms with Gasteiger partial charge in [0.25, 0.3) is 0 Å². The number of halogens is 3. The summed E-state index contributed by atoms with van der Waals surface area (Å²) in [5.74, 6) is 0.375. The number of anilines is 2. The van der Waals surface area contributed by atoms with E-state index in [1.165, 1.54) is 6.08 Å². The molecule has 1 aromatic heterocycles. The van der Waals surface area contributed by atoms with Crippen LogP contribution in [-0.4, -0.2) is 51.6 Å². The van der Waals surface area contributed by atoms with Crippen molar-refractivity contribution in [2.45, 2.75) is 38.8 Å². The van der Waals surface area contributed by atoms with Gasteiger partial charge >= 0.3 is 6.18 Å². The van der Waals surface area contributed by atoms with Gasteiger partial charge in [-0.3, -0.25) is 0 Å². The summed E-state index contributed by atoms with van der Waals surface area (Å²) in [6, 6.07) is 3.99. The van der Waals surface area contributed by atoms with Gasteiger partial charge in [0, 0.05) is 14.1 Å². The zero-order valence-electron chi connectivity index (χ0n) is 18.8. The third-order valence-corrected chi connectivity index (χ3v) is 5.87. The predicted octanol–water partition coefficient (Wildman–Crippen LogP) is 4.44. The van der Waals surface area contributed by atoms with Crippen molar-refractivity contribution in [3.8, 4) is 6.07 Å². The van der Waals surface area contributed by atoms with E-state index in [1.807, 2.05) is 30.0 Å². The van der Waals surface area contributed by atoms with E-state index in [0.29, 0.717) is 29.5 Å². The van der Waals surface area contributed by atoms with Crippen LogP contribution in [0.5, 0.6) is 0 Å². The van der Waals surface area contributed by atoms with Crippen molar-refractivity contribution in [3.63, 3.8) is 0 Å². The van der Waals surface area contributed by atoms with E-state index in [0.717, 1.165) is 43.7 Å². The molecule has 0 aliphatic carbocycles. The SMILES string of the molecule is C/C(=C\C=C(/CC(F)(F)F)OCCC1CCNCC1)c1cc2c(c(C#N)n1)N(C)CN2C. The van der Waals surface area contributed by atoms with Crippen LogP contribution in [0.4, 0.5) is 24.5 Å². The maximum atomic E-state index is 13.1. The molecule has 3 rings (SSSR count). The van der Waals surface area contributed by atoms with Crippen molar-refractivity contribution >= 4 is 16.9 Å². The predicted molar refractivity (Wildman–Crippen MR) is 119 cm³/mol. The quantitative estimate of drug-likeness (QED) is 0.490. The molecule has 0 atom stereocenters. The number of rotatable bonds is 7. The Morgan fingerprint density at radius 3 is 2.66 bits per heavy atom. The first-order valence-corrected chi connectivity index (χ1v) is 10.8. The van der Waals surface area contributed by atoms with Crippen LogP contribution in [0.3, 0.4) is 0 Å². The van der Waals surface area contributed by atoms with Gasteiger partial charge in [0.1, 0.15) is 18.2 Å². The molecule has 1 fully saturated rings. The first-order chi connectivity index (χ1) is 15.2. The van der Waals surface area contributed by atoms with Gasteiger partial charge in [-0.05, 0) is 62.9 Å². The van der Waals surface area contributed by atoms with Gasteiger partial charge in [0.05, 0.1) is 30.3 Å². The van der Waals surface area contributed by atoms with Crippen molar-refractivity contribution in [1.82, 2.24) is 10.3 Å². The van der Waals surface area contributed by atoms with Gasteiger partial charge in [-0.25, -0.2) is 4.98 Å². The number of nitriles is 1. The number of nitrogens with zero attached hydrogens (tertiary/aromatic N) is 4. The van der Waals surface area contributed by atoms with Gasteiger partial charge in [-0.1, -0.05) is 6.08 Å². The first kappa shape index (κ1) is 23.9. The molecule has 9 heteroatoms. The van der Waals surface area contributed by atoms with Gasteiger partial charge in [0.2, 0.25) is 0 Å². The fourth-order valence-corrected chi connectivity index (χ4v) is 4.12. The fraction of sp³-hybridized carbons (Fsp3) is 0.565. The molecule has 1 aromatic rings. The number of ether oxygens (including phenoxy) is 1. The highest BCUT2D eigenvalue weighted by atomic mass is 19.4. The van der Waals surface area contributed by atoms with Gasteiger partial charge in [-0.15, -0.1) is 0 Å². The van der Waals surface area contributed by atoms with Crippen molar-refractivity contribution in [2.75, 3.05) is 50.3 Å². The van der Waals surface area contributed by atoms with E-state index in [-0.39, 0.29) is 12.4 Å². The van der Waals surface area contributed by atoms with Crippen LogP contribution in [0.2, 0.25) is 0 Å². The van der Waals surface area contributed by atoms with Crippen molar-refractivity contribution in [1.29, 1.82) is 5.26 Å². The minimum Gasteiger partial charge on any atom is -0.498 e. The maximum Gasteiger partial charge on any atom is 0.396 e. The molecule has 2 aliphatic heterocycles. The number of fused-ring (bicyclic) bond motifs is 1. The second kappa shape index (κ2) is 10.3. The minimum absolute atomic E-state index is 0.107. The van der Waals surface area contributed by atoms with Crippen molar-refractivity contribution in [3.05, 3.63) is 35.4 Å². The number of hydrogen-bond acceptors (Lipinski definition) is 6. The molecule has 2 aliphatic rings. The summed E-state index contributed by atoms with van der Waals surface area (Å²) in [6.07, 6.45) is 0.289. The Bertz CT molecular complexity index is 913. The van der Waals surface area contributed by atoms with E-state index in [2.05, 4.69) is 16.4 Å². The Labute approximate surface area is 187 Å². The van der Waals surface area contributed by atoms with E-state index in [4.69, 9.17) is 4.74 Å². The second-order valence-electron chi connectivity index (χ2n) is 8.48. The average molecular weight is 450 g/mol. The third kappa shape index (κ3) is 6.16. The molecule has 0 bridgehead atoms. The number of piperidine rings is 1. The lowest BCUT2D eigenvalue weighted by Gasteiger charge is -2.23. The average Bonchev–Trinajstić information content (AvgIpc) is 3.04. The summed E-state index contributed by atoms with van der Waals surface area (Å²) in [4.78, 5) is 8.38. The molecule has 1 saturated heterocycles. The van der Waals surface area contributed by atoms with Crippen LogP contribution in [0.15, 0.2) is 24.0 Å². The van der Waals surface area contributed by atoms with Crippen LogP contribution in [0.25, 0.3) is 5.57 Å². The molecule has 1 N–H and O–H groups in total. The minimum atomic E-state index is -4.35. The molecule has 0 radical (unpaired) electrons. The van der Waals surface area contributed by atoms with Gasteiger partial charge in [0.15, 0.2) is 5.69 Å². The summed E-state index contributed by atoms with van der Waals surface area (Å²) in [5, 5.41) is 12.8. The lowest BCUT2D eigenvalue weighted by molar-refractivity contribution is -0.134. The molecule has 0 aromatic carbocycles. The molecule has 0 unspecified atom stereocenters. The Balaban J connectivity index is 1.77.